The van der Waals surface area contributed by atoms with Gasteiger partial charge in [-0.2, -0.15) is 0 Å². The number of hydrogen-bond donors (Lipinski definition) is 0. The number of rotatable bonds is 5. The summed E-state index contributed by atoms with van der Waals surface area (Å²) in [5.74, 6) is 0. The van der Waals surface area contributed by atoms with Crippen LogP contribution in [0.3, 0.4) is 0 Å². The van der Waals surface area contributed by atoms with E-state index < -0.39 is 0 Å². The van der Waals surface area contributed by atoms with Gasteiger partial charge >= 0.3 is 0 Å². The van der Waals surface area contributed by atoms with E-state index >= 15 is 0 Å². The molecule has 0 aromatic heterocycles. The van der Waals surface area contributed by atoms with Crippen LogP contribution in [-0.2, 0) is 0 Å². The fourth-order valence-corrected chi connectivity index (χ4v) is 0.856. The van der Waals surface area contributed by atoms with Crippen molar-refractivity contribution in [3.8, 4) is 0 Å². The maximum Gasteiger partial charge on any atom is -0.00244 e. The average Bonchev–Trinajstić information content (AvgIpc) is 2.43. The van der Waals surface area contributed by atoms with Crippen LogP contribution in [0.2, 0.25) is 0 Å². The van der Waals surface area contributed by atoms with Crippen molar-refractivity contribution in [3.05, 3.63) is 52.6 Å². The molecule has 2 heteroatoms. The Balaban J connectivity index is -0.0000000596. The molecule has 0 aliphatic carbocycles. The normalized spacial score (nSPS) is 7.22. The third kappa shape index (κ3) is 82.9. The quantitative estimate of drug-likeness (QED) is 0.540. The second-order valence-electron chi connectivity index (χ2n) is 3.31. The summed E-state index contributed by atoms with van der Waals surface area (Å²) in [6.07, 6.45) is 2.62. The summed E-state index contributed by atoms with van der Waals surface area (Å²) in [6, 6.07) is 0. The second-order valence-corrected chi connectivity index (χ2v) is 3.31. The largest absolute Gasteiger partial charge is 0.309 e. The zero-order valence-corrected chi connectivity index (χ0v) is 13.4. The summed E-state index contributed by atoms with van der Waals surface area (Å²) in [6.45, 7) is 26.4. The van der Waals surface area contributed by atoms with Crippen LogP contribution >= 0.6 is 0 Å². The van der Waals surface area contributed by atoms with E-state index in [0.29, 0.717) is 0 Å². The SMILES string of the molecule is C=C.C=C.C=C.C=C.CN(C)CCCCN(C)C. The molecule has 0 atom stereocenters. The van der Waals surface area contributed by atoms with E-state index in [1.54, 1.807) is 0 Å². The van der Waals surface area contributed by atoms with Crippen molar-refractivity contribution < 1.29 is 0 Å². The molecular formula is C16H36N2. The van der Waals surface area contributed by atoms with Crippen molar-refractivity contribution in [1.29, 1.82) is 0 Å². The molecule has 0 aromatic carbocycles. The Morgan fingerprint density at radius 1 is 0.500 bits per heavy atom. The summed E-state index contributed by atoms with van der Waals surface area (Å²) < 4.78 is 0. The lowest BCUT2D eigenvalue weighted by molar-refractivity contribution is 0.354. The molecule has 0 amide bonds. The Hall–Kier alpha value is -1.12. The predicted octanol–water partition coefficient (Wildman–Crippen LogP) is 4.10. The smallest absolute Gasteiger partial charge is 0.00244 e. The van der Waals surface area contributed by atoms with E-state index in [1.165, 1.54) is 25.9 Å². The third-order valence-electron chi connectivity index (χ3n) is 1.46. The molecule has 0 rings (SSSR count). The van der Waals surface area contributed by atoms with Crippen molar-refractivity contribution in [2.24, 2.45) is 0 Å². The van der Waals surface area contributed by atoms with E-state index in [-0.39, 0.29) is 0 Å². The first-order chi connectivity index (χ1) is 8.63. The fourth-order valence-electron chi connectivity index (χ4n) is 0.856. The molecule has 18 heavy (non-hydrogen) atoms. The van der Waals surface area contributed by atoms with Gasteiger partial charge in [-0.25, -0.2) is 0 Å². The minimum Gasteiger partial charge on any atom is -0.309 e. The van der Waals surface area contributed by atoms with Crippen LogP contribution < -0.4 is 0 Å². The molecule has 0 radical (unpaired) electrons. The molecule has 0 bridgehead atoms. The Kier molecular flexibility index (Phi) is 74.7. The third-order valence-corrected chi connectivity index (χ3v) is 1.46. The lowest BCUT2D eigenvalue weighted by Gasteiger charge is -2.11. The molecule has 110 valence electrons. The van der Waals surface area contributed by atoms with Crippen molar-refractivity contribution in [1.82, 2.24) is 9.80 Å². The highest BCUT2D eigenvalue weighted by Gasteiger charge is 1.91. The molecule has 0 N–H and O–H groups in total. The minimum absolute atomic E-state index is 1.22. The van der Waals surface area contributed by atoms with Gasteiger partial charge < -0.3 is 9.80 Å². The van der Waals surface area contributed by atoms with Gasteiger partial charge in [0.05, 0.1) is 0 Å². The van der Waals surface area contributed by atoms with Gasteiger partial charge in [0, 0.05) is 0 Å². The fraction of sp³-hybridized carbons (Fsp3) is 0.500. The highest BCUT2D eigenvalue weighted by atomic mass is 15.1. The zero-order valence-electron chi connectivity index (χ0n) is 13.4. The molecule has 2 nitrogen and oxygen atoms in total. The van der Waals surface area contributed by atoms with Crippen molar-refractivity contribution in [3.63, 3.8) is 0 Å². The van der Waals surface area contributed by atoms with Gasteiger partial charge in [0.15, 0.2) is 0 Å². The second kappa shape index (κ2) is 44.6. The number of unbranched alkanes of at least 4 members (excludes halogenated alkanes) is 1. The van der Waals surface area contributed by atoms with Gasteiger partial charge in [0.1, 0.15) is 0 Å². The summed E-state index contributed by atoms with van der Waals surface area (Å²) >= 11 is 0. The molecule has 0 heterocycles. The van der Waals surface area contributed by atoms with E-state index in [2.05, 4.69) is 90.6 Å². The van der Waals surface area contributed by atoms with E-state index in [9.17, 15) is 0 Å². The monoisotopic (exact) mass is 256 g/mol. The molecule has 0 saturated heterocycles. The van der Waals surface area contributed by atoms with Crippen molar-refractivity contribution in [2.75, 3.05) is 41.3 Å². The maximum absolute atomic E-state index is 3.00. The van der Waals surface area contributed by atoms with E-state index in [0.717, 1.165) is 0 Å². The van der Waals surface area contributed by atoms with Crippen LogP contribution in [0.1, 0.15) is 12.8 Å². The number of nitrogens with zero attached hydrogens (tertiary/aromatic N) is 2. The summed E-state index contributed by atoms with van der Waals surface area (Å²) in [5.41, 5.74) is 0. The summed E-state index contributed by atoms with van der Waals surface area (Å²) in [4.78, 5) is 4.46. The highest BCUT2D eigenvalue weighted by molar-refractivity contribution is 4.48. The summed E-state index contributed by atoms with van der Waals surface area (Å²) in [7, 11) is 8.48. The predicted molar refractivity (Wildman–Crippen MR) is 91.4 cm³/mol. The van der Waals surface area contributed by atoms with E-state index in [1.807, 2.05) is 0 Å². The molecule has 0 aliphatic heterocycles. The minimum atomic E-state index is 1.22. The van der Waals surface area contributed by atoms with Gasteiger partial charge in [-0.15, -0.1) is 52.6 Å². The van der Waals surface area contributed by atoms with Crippen LogP contribution in [0.25, 0.3) is 0 Å². The Morgan fingerprint density at radius 3 is 0.778 bits per heavy atom. The van der Waals surface area contributed by atoms with Crippen LogP contribution in [-0.4, -0.2) is 51.1 Å². The zero-order chi connectivity index (χ0) is 16.0. The molecule has 0 fully saturated rings. The standard InChI is InChI=1S/C8H20N2.4C2H4/c1-9(2)7-5-6-8-10(3)4;4*1-2/h5-8H2,1-4H3;4*1-2H2. The van der Waals surface area contributed by atoms with Crippen LogP contribution in [0.15, 0.2) is 52.6 Å². The van der Waals surface area contributed by atoms with Gasteiger partial charge in [0.2, 0.25) is 0 Å². The molecule has 0 saturated carbocycles. The van der Waals surface area contributed by atoms with Crippen LogP contribution in [0.5, 0.6) is 0 Å². The van der Waals surface area contributed by atoms with Crippen LogP contribution in [0.4, 0.5) is 0 Å². The van der Waals surface area contributed by atoms with Crippen LogP contribution in [0, 0.1) is 0 Å². The molecule has 0 unspecified atom stereocenters. The van der Waals surface area contributed by atoms with Crippen molar-refractivity contribution in [2.45, 2.75) is 12.8 Å². The highest BCUT2D eigenvalue weighted by Crippen LogP contribution is 1.91. The van der Waals surface area contributed by atoms with Gasteiger partial charge in [-0.1, -0.05) is 0 Å². The molecule has 0 spiro atoms. The first-order valence-corrected chi connectivity index (χ1v) is 5.92. The summed E-state index contributed by atoms with van der Waals surface area (Å²) in [5, 5.41) is 0. The van der Waals surface area contributed by atoms with Gasteiger partial charge in [-0.05, 0) is 54.1 Å². The van der Waals surface area contributed by atoms with Gasteiger partial charge in [0.25, 0.3) is 0 Å². The molecule has 0 aromatic rings. The average molecular weight is 256 g/mol. The van der Waals surface area contributed by atoms with Crippen molar-refractivity contribution >= 4 is 0 Å². The Bertz CT molecular complexity index is 93.7. The van der Waals surface area contributed by atoms with E-state index in [4.69, 9.17) is 0 Å². The Morgan fingerprint density at radius 2 is 0.667 bits per heavy atom. The number of hydrogen-bond acceptors (Lipinski definition) is 2. The first-order valence-electron chi connectivity index (χ1n) is 5.92. The Labute approximate surface area is 117 Å². The lowest BCUT2D eigenvalue weighted by Crippen LogP contribution is -2.17. The first kappa shape index (κ1) is 30.2. The molecule has 0 aliphatic rings. The maximum atomic E-state index is 3.00. The molecular weight excluding hydrogens is 220 g/mol. The lowest BCUT2D eigenvalue weighted by atomic mass is 10.3. The van der Waals surface area contributed by atoms with Gasteiger partial charge in [-0.3, -0.25) is 0 Å². The topological polar surface area (TPSA) is 6.48 Å².